The van der Waals surface area contributed by atoms with Crippen molar-refractivity contribution in [3.63, 3.8) is 0 Å². The fraction of sp³-hybridized carbons (Fsp3) is 0.692. The summed E-state index contributed by atoms with van der Waals surface area (Å²) in [7, 11) is 0.390. The number of nitrogens with zero attached hydrogens (tertiary/aromatic N) is 2. The van der Waals surface area contributed by atoms with E-state index in [1.807, 2.05) is 25.6 Å². The van der Waals surface area contributed by atoms with Crippen LogP contribution in [0.3, 0.4) is 0 Å². The van der Waals surface area contributed by atoms with Crippen LogP contribution in [-0.2, 0) is 23.6 Å². The maximum absolute atomic E-state index is 12.6. The Morgan fingerprint density at radius 3 is 2.68 bits per heavy atom. The average molecular weight is 285 g/mol. The molecule has 0 aliphatic heterocycles. The third-order valence-corrected chi connectivity index (χ3v) is 5.50. The van der Waals surface area contributed by atoms with Crippen LogP contribution in [0.15, 0.2) is 17.2 Å². The summed E-state index contributed by atoms with van der Waals surface area (Å²) < 4.78 is 28.6. The van der Waals surface area contributed by atoms with E-state index in [-0.39, 0.29) is 0 Å². The van der Waals surface area contributed by atoms with Gasteiger partial charge in [-0.3, -0.25) is 0 Å². The molecule has 0 saturated heterocycles. The SMILES string of the molecule is CCN(CC1CC1)S(=O)(=O)c1cc(CNC)n(C)c1. The number of aryl methyl sites for hydroxylation is 1. The van der Waals surface area contributed by atoms with Crippen LogP contribution in [0.4, 0.5) is 0 Å². The second-order valence-electron chi connectivity index (χ2n) is 5.21. The zero-order valence-electron chi connectivity index (χ0n) is 11.9. The third-order valence-electron chi connectivity index (χ3n) is 3.59. The van der Waals surface area contributed by atoms with E-state index < -0.39 is 10.0 Å². The molecule has 0 atom stereocenters. The van der Waals surface area contributed by atoms with Gasteiger partial charge in [-0.1, -0.05) is 6.92 Å². The lowest BCUT2D eigenvalue weighted by Gasteiger charge is -2.19. The van der Waals surface area contributed by atoms with E-state index in [1.54, 1.807) is 16.6 Å². The van der Waals surface area contributed by atoms with E-state index in [0.717, 1.165) is 18.5 Å². The molecule has 1 heterocycles. The number of sulfonamides is 1. The van der Waals surface area contributed by atoms with Gasteiger partial charge in [0.25, 0.3) is 0 Å². The first kappa shape index (κ1) is 14.6. The molecule has 1 fully saturated rings. The lowest BCUT2D eigenvalue weighted by atomic mass is 10.4. The van der Waals surface area contributed by atoms with Crippen molar-refractivity contribution in [2.75, 3.05) is 20.1 Å². The molecule has 19 heavy (non-hydrogen) atoms. The molecule has 1 N–H and O–H groups in total. The highest BCUT2D eigenvalue weighted by Crippen LogP contribution is 2.31. The summed E-state index contributed by atoms with van der Waals surface area (Å²) in [5.41, 5.74) is 0.976. The monoisotopic (exact) mass is 285 g/mol. The smallest absolute Gasteiger partial charge is 0.244 e. The van der Waals surface area contributed by atoms with E-state index in [0.29, 0.717) is 30.4 Å². The molecule has 108 valence electrons. The first-order chi connectivity index (χ1) is 8.98. The van der Waals surface area contributed by atoms with Crippen LogP contribution in [0.2, 0.25) is 0 Å². The summed E-state index contributed by atoms with van der Waals surface area (Å²) in [6, 6.07) is 1.77. The molecule has 0 radical (unpaired) electrons. The Hall–Kier alpha value is -0.850. The largest absolute Gasteiger partial charge is 0.352 e. The zero-order chi connectivity index (χ0) is 14.0. The summed E-state index contributed by atoms with van der Waals surface area (Å²) in [5, 5.41) is 3.05. The second-order valence-corrected chi connectivity index (χ2v) is 7.15. The molecule has 0 spiro atoms. The Balaban J connectivity index is 2.23. The van der Waals surface area contributed by atoms with Gasteiger partial charge in [-0.15, -0.1) is 0 Å². The predicted octanol–water partition coefficient (Wildman–Crippen LogP) is 1.17. The van der Waals surface area contributed by atoms with Crippen LogP contribution < -0.4 is 5.32 Å². The summed E-state index contributed by atoms with van der Waals surface area (Å²) in [6.07, 6.45) is 4.02. The molecule has 1 saturated carbocycles. The highest BCUT2D eigenvalue weighted by atomic mass is 32.2. The molecule has 1 aliphatic rings. The normalized spacial score (nSPS) is 16.2. The Morgan fingerprint density at radius 1 is 1.47 bits per heavy atom. The third kappa shape index (κ3) is 3.19. The van der Waals surface area contributed by atoms with Crippen LogP contribution >= 0.6 is 0 Å². The average Bonchev–Trinajstić information content (AvgIpc) is 3.11. The zero-order valence-corrected chi connectivity index (χ0v) is 12.7. The van der Waals surface area contributed by atoms with Crippen LogP contribution in [-0.4, -0.2) is 37.4 Å². The van der Waals surface area contributed by atoms with Gasteiger partial charge in [0.2, 0.25) is 10.0 Å². The van der Waals surface area contributed by atoms with Gasteiger partial charge in [0, 0.05) is 38.6 Å². The standard InChI is InChI=1S/C13H23N3O2S/c1-4-16(9-11-5-6-11)19(17,18)13-7-12(8-14-2)15(3)10-13/h7,10-11,14H,4-6,8-9H2,1-3H3. The van der Waals surface area contributed by atoms with Crippen molar-refractivity contribution in [3.05, 3.63) is 18.0 Å². The molecule has 1 aliphatic carbocycles. The number of hydrogen-bond acceptors (Lipinski definition) is 3. The highest BCUT2D eigenvalue weighted by molar-refractivity contribution is 7.89. The fourth-order valence-electron chi connectivity index (χ4n) is 2.21. The Labute approximate surface area is 115 Å². The first-order valence-electron chi connectivity index (χ1n) is 6.79. The van der Waals surface area contributed by atoms with Gasteiger partial charge >= 0.3 is 0 Å². The van der Waals surface area contributed by atoms with Crippen molar-refractivity contribution in [3.8, 4) is 0 Å². The quantitative estimate of drug-likeness (QED) is 0.818. The molecule has 0 amide bonds. The molecule has 2 rings (SSSR count). The molecule has 6 heteroatoms. The number of nitrogens with one attached hydrogen (secondary N) is 1. The van der Waals surface area contributed by atoms with Gasteiger partial charge in [0.05, 0.1) is 0 Å². The van der Waals surface area contributed by atoms with Crippen LogP contribution in [0.5, 0.6) is 0 Å². The first-order valence-corrected chi connectivity index (χ1v) is 8.23. The van der Waals surface area contributed by atoms with Crippen molar-refractivity contribution >= 4 is 10.0 Å². The number of rotatable bonds is 7. The highest BCUT2D eigenvalue weighted by Gasteiger charge is 2.31. The maximum atomic E-state index is 12.6. The van der Waals surface area contributed by atoms with E-state index >= 15 is 0 Å². The molecule has 1 aromatic rings. The van der Waals surface area contributed by atoms with Gasteiger partial charge in [-0.2, -0.15) is 4.31 Å². The Morgan fingerprint density at radius 2 is 2.16 bits per heavy atom. The molecule has 1 aromatic heterocycles. The van der Waals surface area contributed by atoms with Crippen LogP contribution in [0, 0.1) is 5.92 Å². The lowest BCUT2D eigenvalue weighted by molar-refractivity contribution is 0.412. The minimum Gasteiger partial charge on any atom is -0.352 e. The molecular weight excluding hydrogens is 262 g/mol. The van der Waals surface area contributed by atoms with Crippen LogP contribution in [0.1, 0.15) is 25.5 Å². The Bertz CT molecular complexity index is 532. The topological polar surface area (TPSA) is 54.3 Å². The lowest BCUT2D eigenvalue weighted by Crippen LogP contribution is -2.32. The van der Waals surface area contributed by atoms with E-state index in [2.05, 4.69) is 5.32 Å². The van der Waals surface area contributed by atoms with Gasteiger partial charge in [-0.05, 0) is 31.9 Å². The molecule has 0 bridgehead atoms. The van der Waals surface area contributed by atoms with Crippen molar-refractivity contribution in [1.29, 1.82) is 0 Å². The van der Waals surface area contributed by atoms with Gasteiger partial charge in [0.15, 0.2) is 0 Å². The van der Waals surface area contributed by atoms with E-state index in [4.69, 9.17) is 0 Å². The summed E-state index contributed by atoms with van der Waals surface area (Å²) in [5.74, 6) is 0.565. The molecule has 5 nitrogen and oxygen atoms in total. The second kappa shape index (κ2) is 5.64. The number of aromatic nitrogens is 1. The Kier molecular flexibility index (Phi) is 4.32. The molecule has 0 unspecified atom stereocenters. The van der Waals surface area contributed by atoms with E-state index in [1.165, 1.54) is 0 Å². The molecule has 0 aromatic carbocycles. The van der Waals surface area contributed by atoms with Crippen molar-refractivity contribution in [1.82, 2.24) is 14.2 Å². The minimum absolute atomic E-state index is 0.405. The number of hydrogen-bond donors (Lipinski definition) is 1. The summed E-state index contributed by atoms with van der Waals surface area (Å²) in [4.78, 5) is 0.405. The maximum Gasteiger partial charge on any atom is 0.244 e. The van der Waals surface area contributed by atoms with E-state index in [9.17, 15) is 8.42 Å². The van der Waals surface area contributed by atoms with Crippen molar-refractivity contribution in [2.45, 2.75) is 31.2 Å². The predicted molar refractivity (Wildman–Crippen MR) is 75.3 cm³/mol. The van der Waals surface area contributed by atoms with Gasteiger partial charge in [0.1, 0.15) is 4.90 Å². The fourth-order valence-corrected chi connectivity index (χ4v) is 3.83. The van der Waals surface area contributed by atoms with Crippen LogP contribution in [0.25, 0.3) is 0 Å². The molecular formula is C13H23N3O2S. The van der Waals surface area contributed by atoms with Crippen molar-refractivity contribution in [2.24, 2.45) is 13.0 Å². The summed E-state index contributed by atoms with van der Waals surface area (Å²) in [6.45, 7) is 3.77. The minimum atomic E-state index is -3.34. The van der Waals surface area contributed by atoms with Crippen molar-refractivity contribution < 1.29 is 8.42 Å². The van der Waals surface area contributed by atoms with Gasteiger partial charge < -0.3 is 9.88 Å². The van der Waals surface area contributed by atoms with Gasteiger partial charge in [-0.25, -0.2) is 8.42 Å². The summed E-state index contributed by atoms with van der Waals surface area (Å²) >= 11 is 0.